The van der Waals surface area contributed by atoms with E-state index in [0.29, 0.717) is 6.42 Å². The zero-order valence-electron chi connectivity index (χ0n) is 15.1. The van der Waals surface area contributed by atoms with Crippen LogP contribution in [0.4, 0.5) is 13.2 Å². The van der Waals surface area contributed by atoms with Crippen LogP contribution >= 0.6 is 20.4 Å². The van der Waals surface area contributed by atoms with E-state index < -0.39 is 37.6 Å². The van der Waals surface area contributed by atoms with Crippen molar-refractivity contribution in [1.29, 1.82) is 0 Å². The van der Waals surface area contributed by atoms with Crippen LogP contribution in [0.3, 0.4) is 0 Å². The van der Waals surface area contributed by atoms with Gasteiger partial charge in [0.05, 0.1) is 0 Å². The molecule has 2 saturated heterocycles. The predicted molar refractivity (Wildman–Crippen MR) is 96.9 cm³/mol. The summed E-state index contributed by atoms with van der Waals surface area (Å²) >= 11 is -1.30. The van der Waals surface area contributed by atoms with Crippen LogP contribution in [0.25, 0.3) is 0 Å². The van der Waals surface area contributed by atoms with Crippen molar-refractivity contribution >= 4 is 26.3 Å². The molecule has 2 aliphatic heterocycles. The molecule has 2 bridgehead atoms. The molecular weight excluding hydrogens is 464 g/mol. The number of ether oxygens (including phenoxy) is 1. The normalized spacial score (nSPS) is 38.3. The Bertz CT molecular complexity index is 619. The Balaban J connectivity index is 1.44. The molecule has 2 heterocycles. The summed E-state index contributed by atoms with van der Waals surface area (Å²) in [5.41, 5.74) is -3.35. The first-order valence-corrected chi connectivity index (χ1v) is 12.4. The third-order valence-electron chi connectivity index (χ3n) is 6.75. The molecule has 5 fully saturated rings. The first-order chi connectivity index (χ1) is 11.9. The van der Waals surface area contributed by atoms with Gasteiger partial charge in [0.15, 0.2) is 0 Å². The van der Waals surface area contributed by atoms with Gasteiger partial charge in [0, 0.05) is 0 Å². The second-order valence-electron chi connectivity index (χ2n) is 9.01. The summed E-state index contributed by atoms with van der Waals surface area (Å²) in [6.07, 6.45) is -2.16. The molecule has 0 aromatic rings. The summed E-state index contributed by atoms with van der Waals surface area (Å²) in [5, 5.41) is 9.91. The van der Waals surface area contributed by atoms with Crippen LogP contribution < -0.4 is 7.06 Å². The van der Waals surface area contributed by atoms with E-state index in [2.05, 4.69) is 7.06 Å². The number of esters is 1. The first kappa shape index (κ1) is 19.2. The average Bonchev–Trinajstić information content (AvgIpc) is 3.35. The predicted octanol–water partition coefficient (Wildman–Crippen LogP) is 3.26. The van der Waals surface area contributed by atoms with E-state index in [1.54, 1.807) is 0 Å². The first-order valence-electron chi connectivity index (χ1n) is 9.13. The van der Waals surface area contributed by atoms with Crippen molar-refractivity contribution in [2.45, 2.75) is 74.4 Å². The Kier molecular flexibility index (Phi) is 4.21. The Morgan fingerprint density at radius 1 is 1.23 bits per heavy atom. The van der Waals surface area contributed by atoms with E-state index in [1.807, 2.05) is 13.8 Å². The third-order valence-corrected chi connectivity index (χ3v) is 11.9. The number of hydrogen-bond acceptors (Lipinski definition) is 5. The Morgan fingerprint density at radius 2 is 1.85 bits per heavy atom. The molecule has 0 aromatic heterocycles. The third kappa shape index (κ3) is 2.88. The Labute approximate surface area is 158 Å². The van der Waals surface area contributed by atoms with Crippen molar-refractivity contribution in [3.8, 4) is 0 Å². The van der Waals surface area contributed by atoms with E-state index in [4.69, 9.17) is 4.74 Å². The van der Waals surface area contributed by atoms with Gasteiger partial charge >= 0.3 is 159 Å². The molecule has 9 heteroatoms. The molecule has 3 saturated carbocycles. The fourth-order valence-corrected chi connectivity index (χ4v) is 10.3. The van der Waals surface area contributed by atoms with Crippen molar-refractivity contribution in [1.82, 2.24) is 7.06 Å². The fraction of sp³-hybridized carbons (Fsp3) is 0.941. The Morgan fingerprint density at radius 3 is 2.35 bits per heavy atom. The maximum atomic E-state index is 13.1. The Hall–Kier alpha value is -0.130. The molecular formula is C17H26F3IN2O3. The van der Waals surface area contributed by atoms with Crippen molar-refractivity contribution in [2.75, 3.05) is 0 Å². The van der Waals surface area contributed by atoms with Crippen molar-refractivity contribution in [3.63, 3.8) is 0 Å². The van der Waals surface area contributed by atoms with Gasteiger partial charge in [-0.05, 0) is 0 Å². The zero-order valence-corrected chi connectivity index (χ0v) is 17.3. The molecule has 5 aliphatic rings. The minimum atomic E-state index is -4.65. The number of carbonyl (C=O) groups excluding carboxylic acids is 1. The van der Waals surface area contributed by atoms with E-state index >= 15 is 0 Å². The standard InChI is InChI=1S/C17H26F3IN2O3/c1-14(2,17-21(22-17)23-17)13(24)26-12-7-9-4-5-11(12)10(6-9)8-15(3,25)16(18,19)20/h9-12,22-23,25H,4-8H2,1-3H3. The van der Waals surface area contributed by atoms with Gasteiger partial charge in [0.2, 0.25) is 0 Å². The number of rotatable bonds is 5. The number of nitrogens with one attached hydrogen (secondary N) is 2. The SMILES string of the molecule is CC(O)(CC1CC2CCC1C(OC(=O)C(C)(C)C13NI1N3)C2)C(F)(F)F. The topological polar surface area (TPSA) is 90.4 Å². The van der Waals surface area contributed by atoms with Gasteiger partial charge in [-0.3, -0.25) is 0 Å². The molecule has 0 spiro atoms. The minimum absolute atomic E-state index is 0.0972. The molecule has 0 amide bonds. The fourth-order valence-electron chi connectivity index (χ4n) is 4.71. The van der Waals surface area contributed by atoms with Crippen molar-refractivity contribution in [3.05, 3.63) is 0 Å². The van der Waals surface area contributed by atoms with E-state index in [9.17, 15) is 23.1 Å². The van der Waals surface area contributed by atoms with Gasteiger partial charge < -0.3 is 0 Å². The maximum absolute atomic E-state index is 13.1. The quantitative estimate of drug-likeness (QED) is 0.138. The van der Waals surface area contributed by atoms with E-state index in [1.165, 1.54) is 0 Å². The van der Waals surface area contributed by atoms with Gasteiger partial charge in [0.1, 0.15) is 0 Å². The molecule has 5 unspecified atom stereocenters. The van der Waals surface area contributed by atoms with Gasteiger partial charge in [-0.15, -0.1) is 0 Å². The van der Waals surface area contributed by atoms with E-state index in [-0.39, 0.29) is 39.9 Å². The van der Waals surface area contributed by atoms with Crippen LogP contribution in [0.2, 0.25) is 0 Å². The molecule has 5 atom stereocenters. The second kappa shape index (κ2) is 5.70. The number of aliphatic hydroxyl groups is 1. The molecule has 150 valence electrons. The molecule has 3 aliphatic carbocycles. The van der Waals surface area contributed by atoms with Gasteiger partial charge in [-0.25, -0.2) is 0 Å². The number of hydrogen-bond donors (Lipinski definition) is 3. The van der Waals surface area contributed by atoms with Gasteiger partial charge in [-0.1, -0.05) is 0 Å². The van der Waals surface area contributed by atoms with Crippen LogP contribution in [-0.2, 0) is 9.53 Å². The van der Waals surface area contributed by atoms with Crippen LogP contribution in [0.15, 0.2) is 0 Å². The molecule has 3 N–H and O–H groups in total. The number of carbonyl (C=O) groups is 1. The van der Waals surface area contributed by atoms with Crippen molar-refractivity contribution < 1.29 is 27.8 Å². The summed E-state index contributed by atoms with van der Waals surface area (Å²) in [7, 11) is 0. The number of fused-ring (bicyclic) bond motifs is 4. The van der Waals surface area contributed by atoms with Crippen LogP contribution in [-0.4, -0.2) is 32.6 Å². The molecule has 0 aromatic carbocycles. The van der Waals surface area contributed by atoms with E-state index in [0.717, 1.165) is 26.2 Å². The van der Waals surface area contributed by atoms with Crippen LogP contribution in [0, 0.1) is 23.2 Å². The molecule has 5 nitrogen and oxygen atoms in total. The van der Waals surface area contributed by atoms with Gasteiger partial charge in [0.25, 0.3) is 0 Å². The summed E-state index contributed by atoms with van der Waals surface area (Å²) in [5.74, 6) is -0.358. The summed E-state index contributed by atoms with van der Waals surface area (Å²) < 4.78 is 51.6. The number of alkyl halides is 4. The summed E-state index contributed by atoms with van der Waals surface area (Å²) in [4.78, 5) is 12.8. The molecule has 5 rings (SSSR count). The zero-order chi connectivity index (χ0) is 19.1. The summed E-state index contributed by atoms with van der Waals surface area (Å²) in [6.45, 7) is 4.58. The molecule has 0 radical (unpaired) electrons. The van der Waals surface area contributed by atoms with Gasteiger partial charge in [-0.2, -0.15) is 0 Å². The number of halogens is 4. The monoisotopic (exact) mass is 490 g/mol. The second-order valence-corrected chi connectivity index (χ2v) is 13.3. The average molecular weight is 490 g/mol. The van der Waals surface area contributed by atoms with Crippen LogP contribution in [0.1, 0.15) is 52.9 Å². The van der Waals surface area contributed by atoms with Crippen LogP contribution in [0.5, 0.6) is 0 Å². The van der Waals surface area contributed by atoms with Crippen molar-refractivity contribution in [2.24, 2.45) is 23.2 Å². The molecule has 26 heavy (non-hydrogen) atoms. The summed E-state index contributed by atoms with van der Waals surface area (Å²) in [6, 6.07) is 0.